The average Bonchev–Trinajstić information content (AvgIpc) is 2.85. The molecular formula is C19H15BrF3NO3. The molecule has 0 spiro atoms. The maximum Gasteiger partial charge on any atom is 0.416 e. The number of nitrogens with zero attached hydrogens (tertiary/aromatic N) is 1. The van der Waals surface area contributed by atoms with Gasteiger partial charge in [-0.2, -0.15) is 13.2 Å². The van der Waals surface area contributed by atoms with E-state index in [9.17, 15) is 22.8 Å². The summed E-state index contributed by atoms with van der Waals surface area (Å²) in [5.74, 6) is -0.533. The van der Waals surface area contributed by atoms with Crippen molar-refractivity contribution in [1.82, 2.24) is 4.90 Å². The minimum Gasteiger partial charge on any atom is -0.494 e. The van der Waals surface area contributed by atoms with E-state index in [-0.39, 0.29) is 35.2 Å². The lowest BCUT2D eigenvalue weighted by Gasteiger charge is -2.14. The molecule has 142 valence electrons. The fourth-order valence-electron chi connectivity index (χ4n) is 2.81. The van der Waals surface area contributed by atoms with Crippen LogP contribution < -0.4 is 4.74 Å². The van der Waals surface area contributed by atoms with Crippen molar-refractivity contribution in [1.29, 1.82) is 0 Å². The molecule has 0 aromatic heterocycles. The van der Waals surface area contributed by atoms with Gasteiger partial charge in [-0.1, -0.05) is 28.1 Å². The molecule has 2 amide bonds. The van der Waals surface area contributed by atoms with E-state index < -0.39 is 11.7 Å². The van der Waals surface area contributed by atoms with Gasteiger partial charge < -0.3 is 4.74 Å². The van der Waals surface area contributed by atoms with Gasteiger partial charge in [-0.3, -0.25) is 14.5 Å². The van der Waals surface area contributed by atoms with E-state index in [1.807, 2.05) is 0 Å². The Balaban J connectivity index is 1.50. The molecule has 0 aliphatic carbocycles. The van der Waals surface area contributed by atoms with Gasteiger partial charge >= 0.3 is 6.18 Å². The summed E-state index contributed by atoms with van der Waals surface area (Å²) in [5, 5.41) is 0. The van der Waals surface area contributed by atoms with Gasteiger partial charge in [0.2, 0.25) is 0 Å². The van der Waals surface area contributed by atoms with Gasteiger partial charge in [0.1, 0.15) is 5.75 Å². The molecule has 2 aromatic carbocycles. The maximum absolute atomic E-state index is 12.8. The van der Waals surface area contributed by atoms with Crippen LogP contribution in [0.2, 0.25) is 0 Å². The number of rotatable bonds is 6. The molecule has 0 saturated carbocycles. The third-order valence-electron chi connectivity index (χ3n) is 4.12. The molecule has 1 heterocycles. The number of amides is 2. The summed E-state index contributed by atoms with van der Waals surface area (Å²) >= 11 is 3.04. The molecule has 0 N–H and O–H groups in total. The second kappa shape index (κ2) is 7.72. The number of hydrogen-bond donors (Lipinski definition) is 0. The summed E-state index contributed by atoms with van der Waals surface area (Å²) in [5.41, 5.74) is -0.00182. The van der Waals surface area contributed by atoms with Crippen molar-refractivity contribution in [2.45, 2.75) is 19.0 Å². The lowest BCUT2D eigenvalue weighted by atomic mass is 10.1. The molecule has 1 aliphatic rings. The molecule has 0 radical (unpaired) electrons. The zero-order valence-corrected chi connectivity index (χ0v) is 15.6. The number of unbranched alkanes of at least 4 members (excludes halogenated alkanes) is 1. The number of carbonyl (C=O) groups excluding carboxylic acids is 2. The number of carbonyl (C=O) groups is 2. The predicted octanol–water partition coefficient (Wildman–Crippen LogP) is 4.92. The SMILES string of the molecule is O=C1c2ccccc2C(=O)N1CCCCOc1cc(Br)cc(C(F)(F)F)c1. The molecule has 3 rings (SSSR count). The van der Waals surface area contributed by atoms with E-state index in [0.29, 0.717) is 24.0 Å². The minimum absolute atomic E-state index is 0.109. The van der Waals surface area contributed by atoms with Crippen LogP contribution in [0.3, 0.4) is 0 Å². The summed E-state index contributed by atoms with van der Waals surface area (Å²) in [6.45, 7) is 0.416. The summed E-state index contributed by atoms with van der Waals surface area (Å²) in [7, 11) is 0. The second-order valence-corrected chi connectivity index (χ2v) is 6.95. The van der Waals surface area contributed by atoms with Crippen LogP contribution >= 0.6 is 15.9 Å². The number of ether oxygens (including phenoxy) is 1. The Hall–Kier alpha value is -2.35. The molecule has 0 bridgehead atoms. The standard InChI is InChI=1S/C19H15BrF3NO3/c20-13-9-12(19(21,22)23)10-14(11-13)27-8-4-3-7-24-17(25)15-5-1-2-6-16(15)18(24)26/h1-2,5-6,9-11H,3-4,7-8H2. The van der Waals surface area contributed by atoms with Crippen molar-refractivity contribution in [3.63, 3.8) is 0 Å². The molecule has 0 fully saturated rings. The number of halogens is 4. The van der Waals surface area contributed by atoms with Gasteiger partial charge in [-0.25, -0.2) is 0 Å². The first-order valence-corrected chi connectivity index (χ1v) is 9.02. The smallest absolute Gasteiger partial charge is 0.416 e. The fraction of sp³-hybridized carbons (Fsp3) is 0.263. The molecular weight excluding hydrogens is 427 g/mol. The van der Waals surface area contributed by atoms with Gasteiger partial charge in [0, 0.05) is 11.0 Å². The van der Waals surface area contributed by atoms with Crippen LogP contribution in [0.4, 0.5) is 13.2 Å². The number of hydrogen-bond acceptors (Lipinski definition) is 3. The van der Waals surface area contributed by atoms with Crippen LogP contribution in [-0.2, 0) is 6.18 Å². The van der Waals surface area contributed by atoms with Gasteiger partial charge in [-0.05, 0) is 43.2 Å². The fourth-order valence-corrected chi connectivity index (χ4v) is 3.29. The third kappa shape index (κ3) is 4.32. The first-order valence-electron chi connectivity index (χ1n) is 8.23. The Morgan fingerprint density at radius 3 is 2.19 bits per heavy atom. The number of alkyl halides is 3. The van der Waals surface area contributed by atoms with Gasteiger partial charge in [0.05, 0.1) is 23.3 Å². The van der Waals surface area contributed by atoms with Crippen molar-refractivity contribution >= 4 is 27.7 Å². The third-order valence-corrected chi connectivity index (χ3v) is 4.58. The van der Waals surface area contributed by atoms with E-state index in [1.54, 1.807) is 24.3 Å². The highest BCUT2D eigenvalue weighted by molar-refractivity contribution is 9.10. The zero-order chi connectivity index (χ0) is 19.6. The highest BCUT2D eigenvalue weighted by Gasteiger charge is 2.34. The average molecular weight is 442 g/mol. The van der Waals surface area contributed by atoms with Gasteiger partial charge in [-0.15, -0.1) is 0 Å². The lowest BCUT2D eigenvalue weighted by Crippen LogP contribution is -2.30. The predicted molar refractivity (Wildman–Crippen MR) is 95.7 cm³/mol. The van der Waals surface area contributed by atoms with E-state index in [1.165, 1.54) is 11.0 Å². The Kier molecular flexibility index (Phi) is 5.55. The van der Waals surface area contributed by atoms with Gasteiger partial charge in [0.15, 0.2) is 0 Å². The van der Waals surface area contributed by atoms with Crippen molar-refractivity contribution < 1.29 is 27.5 Å². The molecule has 0 unspecified atom stereocenters. The van der Waals surface area contributed by atoms with Gasteiger partial charge in [0.25, 0.3) is 11.8 Å². The topological polar surface area (TPSA) is 46.6 Å². The molecule has 1 aliphatic heterocycles. The van der Waals surface area contributed by atoms with Crippen LogP contribution in [0, 0.1) is 0 Å². The summed E-state index contributed by atoms with van der Waals surface area (Å²) in [4.78, 5) is 25.6. The molecule has 27 heavy (non-hydrogen) atoms. The zero-order valence-electron chi connectivity index (χ0n) is 14.1. The van der Waals surface area contributed by atoms with Crippen LogP contribution in [0.1, 0.15) is 39.1 Å². The lowest BCUT2D eigenvalue weighted by molar-refractivity contribution is -0.137. The molecule has 0 atom stereocenters. The van der Waals surface area contributed by atoms with E-state index in [4.69, 9.17) is 4.74 Å². The van der Waals surface area contributed by atoms with Crippen LogP contribution in [0.5, 0.6) is 5.75 Å². The van der Waals surface area contributed by atoms with E-state index >= 15 is 0 Å². The quantitative estimate of drug-likeness (QED) is 0.471. The summed E-state index contributed by atoms with van der Waals surface area (Å²) in [6, 6.07) is 10.0. The van der Waals surface area contributed by atoms with Crippen molar-refractivity contribution in [2.24, 2.45) is 0 Å². The first-order chi connectivity index (χ1) is 12.8. The minimum atomic E-state index is -4.45. The number of fused-ring (bicyclic) bond motifs is 1. The van der Waals surface area contributed by atoms with E-state index in [0.717, 1.165) is 12.1 Å². The Bertz CT molecular complexity index is 848. The van der Waals surface area contributed by atoms with Crippen molar-refractivity contribution in [2.75, 3.05) is 13.2 Å². The molecule has 2 aromatic rings. The Morgan fingerprint density at radius 1 is 0.963 bits per heavy atom. The molecule has 4 nitrogen and oxygen atoms in total. The summed E-state index contributed by atoms with van der Waals surface area (Å²) in [6.07, 6.45) is -3.47. The highest BCUT2D eigenvalue weighted by atomic mass is 79.9. The van der Waals surface area contributed by atoms with Crippen molar-refractivity contribution in [3.05, 3.63) is 63.6 Å². The van der Waals surface area contributed by atoms with Crippen LogP contribution in [-0.4, -0.2) is 29.9 Å². The maximum atomic E-state index is 12.8. The Morgan fingerprint density at radius 2 is 1.59 bits per heavy atom. The van der Waals surface area contributed by atoms with E-state index in [2.05, 4.69) is 15.9 Å². The number of imide groups is 1. The molecule has 0 saturated heterocycles. The Labute approximate surface area is 162 Å². The second-order valence-electron chi connectivity index (χ2n) is 6.04. The number of benzene rings is 2. The summed E-state index contributed by atoms with van der Waals surface area (Å²) < 4.78 is 44.1. The largest absolute Gasteiger partial charge is 0.494 e. The molecule has 8 heteroatoms. The monoisotopic (exact) mass is 441 g/mol. The highest BCUT2D eigenvalue weighted by Crippen LogP contribution is 2.34. The normalized spacial score (nSPS) is 13.9. The van der Waals surface area contributed by atoms with Crippen LogP contribution in [0.15, 0.2) is 46.9 Å². The van der Waals surface area contributed by atoms with Crippen molar-refractivity contribution in [3.8, 4) is 5.75 Å². The van der Waals surface area contributed by atoms with Crippen LogP contribution in [0.25, 0.3) is 0 Å². The first kappa shape index (κ1) is 19.4.